The predicted octanol–water partition coefficient (Wildman–Crippen LogP) is 6.32. The van der Waals surface area contributed by atoms with Gasteiger partial charge in [0.05, 0.1) is 32.3 Å². The molecule has 4 nitrogen and oxygen atoms in total. The zero-order valence-corrected chi connectivity index (χ0v) is 19.3. The molecule has 2 aliphatic heterocycles. The molecule has 4 aliphatic rings. The van der Waals surface area contributed by atoms with Gasteiger partial charge in [0.2, 0.25) is 0 Å². The van der Waals surface area contributed by atoms with Crippen molar-refractivity contribution in [1.82, 2.24) is 0 Å². The molecule has 0 unspecified atom stereocenters. The van der Waals surface area contributed by atoms with Gasteiger partial charge in [0.25, 0.3) is 6.08 Å². The zero-order chi connectivity index (χ0) is 22.3. The molecule has 0 bridgehead atoms. The normalized spacial score (nSPS) is 41.1. The van der Waals surface area contributed by atoms with Gasteiger partial charge in [0.1, 0.15) is 0 Å². The highest BCUT2D eigenvalue weighted by Crippen LogP contribution is 2.44. The summed E-state index contributed by atoms with van der Waals surface area (Å²) < 4.78 is 47.8. The van der Waals surface area contributed by atoms with E-state index in [0.29, 0.717) is 37.4 Å². The maximum absolute atomic E-state index is 12.2. The highest BCUT2D eigenvalue weighted by molar-refractivity contribution is 4.87. The number of hydrogen-bond donors (Lipinski definition) is 0. The van der Waals surface area contributed by atoms with Crippen LogP contribution in [-0.2, 0) is 18.9 Å². The topological polar surface area (TPSA) is 36.9 Å². The van der Waals surface area contributed by atoms with Gasteiger partial charge in [-0.3, -0.25) is 0 Å². The van der Waals surface area contributed by atoms with Gasteiger partial charge >= 0.3 is 0 Å². The Morgan fingerprint density at radius 2 is 1.19 bits per heavy atom. The molecule has 6 heteroatoms. The molecule has 0 aromatic carbocycles. The third kappa shape index (κ3) is 6.62. The van der Waals surface area contributed by atoms with Crippen molar-refractivity contribution >= 4 is 0 Å². The Hall–Kier alpha value is -0.820. The van der Waals surface area contributed by atoms with E-state index in [0.717, 1.165) is 37.5 Å². The number of ether oxygens (including phenoxy) is 4. The van der Waals surface area contributed by atoms with Gasteiger partial charge in [-0.05, 0) is 87.2 Å². The largest absolute Gasteiger partial charge is 0.352 e. The van der Waals surface area contributed by atoms with E-state index in [1.807, 2.05) is 0 Å². The average Bonchev–Trinajstić information content (AvgIpc) is 2.85. The van der Waals surface area contributed by atoms with Gasteiger partial charge in [0.15, 0.2) is 12.6 Å². The lowest BCUT2D eigenvalue weighted by Gasteiger charge is -2.42. The Balaban J connectivity index is 1.12. The molecule has 0 N–H and O–H groups in total. The van der Waals surface area contributed by atoms with Gasteiger partial charge in [0, 0.05) is 5.92 Å². The van der Waals surface area contributed by atoms with E-state index in [1.165, 1.54) is 51.4 Å². The Morgan fingerprint density at radius 1 is 0.688 bits per heavy atom. The van der Waals surface area contributed by atoms with Crippen LogP contribution >= 0.6 is 0 Å². The molecule has 32 heavy (non-hydrogen) atoms. The van der Waals surface area contributed by atoms with Crippen molar-refractivity contribution in [2.45, 2.75) is 76.8 Å². The molecule has 2 aliphatic carbocycles. The minimum atomic E-state index is -1.53. The lowest BCUT2D eigenvalue weighted by molar-refractivity contribution is -0.276. The van der Waals surface area contributed by atoms with Crippen LogP contribution in [-0.4, -0.2) is 39.0 Å². The van der Waals surface area contributed by atoms with Crippen LogP contribution < -0.4 is 0 Å². The quantitative estimate of drug-likeness (QED) is 0.422. The summed E-state index contributed by atoms with van der Waals surface area (Å²) in [6.07, 6.45) is 12.4. The number of hydrogen-bond acceptors (Lipinski definition) is 4. The predicted molar refractivity (Wildman–Crippen MR) is 119 cm³/mol. The second kappa shape index (κ2) is 12.0. The van der Waals surface area contributed by atoms with Crippen LogP contribution in [0.5, 0.6) is 0 Å². The Bertz CT molecular complexity index is 591. The van der Waals surface area contributed by atoms with E-state index in [2.05, 4.69) is 6.58 Å². The van der Waals surface area contributed by atoms with Crippen molar-refractivity contribution in [2.75, 3.05) is 26.4 Å². The zero-order valence-electron chi connectivity index (χ0n) is 19.3. The maximum atomic E-state index is 12.2. The molecule has 0 spiro atoms. The summed E-state index contributed by atoms with van der Waals surface area (Å²) in [7, 11) is 0. The van der Waals surface area contributed by atoms with Crippen molar-refractivity contribution in [2.24, 2.45) is 35.5 Å². The molecule has 0 atom stereocenters. The van der Waals surface area contributed by atoms with Crippen LogP contribution in [0.3, 0.4) is 0 Å². The molecule has 0 aromatic rings. The summed E-state index contributed by atoms with van der Waals surface area (Å²) in [4.78, 5) is 0. The van der Waals surface area contributed by atoms with Gasteiger partial charge < -0.3 is 18.9 Å². The van der Waals surface area contributed by atoms with Crippen molar-refractivity contribution < 1.29 is 27.7 Å². The highest BCUT2D eigenvalue weighted by atomic mass is 19.3. The number of rotatable bonds is 7. The maximum Gasteiger partial charge on any atom is 0.266 e. The first kappa shape index (κ1) is 24.3. The van der Waals surface area contributed by atoms with Crippen LogP contribution in [0.25, 0.3) is 0 Å². The van der Waals surface area contributed by atoms with E-state index in [-0.39, 0.29) is 18.5 Å². The molecule has 2 saturated carbocycles. The van der Waals surface area contributed by atoms with E-state index in [9.17, 15) is 8.78 Å². The van der Waals surface area contributed by atoms with E-state index >= 15 is 0 Å². The third-order valence-corrected chi connectivity index (χ3v) is 8.39. The monoisotopic (exact) mass is 454 g/mol. The standard InChI is InChI=1S/C26H40F2O4/c1-2-25-29-16-23(17-30-25)26-31-14-22(15-32-26)21-12-10-20(11-13-21)19-8-6-18(7-9-19)4-3-5-24(27)28/h2,5,18-23,25-26H,1,3-4,6-17H2. The molecule has 0 aromatic heterocycles. The Kier molecular flexibility index (Phi) is 9.15. The molecule has 182 valence electrons. The second-order valence-corrected chi connectivity index (χ2v) is 10.4. The fraction of sp³-hybridized carbons (Fsp3) is 0.846. The third-order valence-electron chi connectivity index (χ3n) is 8.39. The Morgan fingerprint density at radius 3 is 1.72 bits per heavy atom. The lowest BCUT2D eigenvalue weighted by Crippen LogP contribution is -2.45. The van der Waals surface area contributed by atoms with Crippen LogP contribution in [0.1, 0.15) is 64.2 Å². The Labute approximate surface area is 191 Å². The summed E-state index contributed by atoms with van der Waals surface area (Å²) >= 11 is 0. The average molecular weight is 455 g/mol. The van der Waals surface area contributed by atoms with E-state index < -0.39 is 6.08 Å². The SMILES string of the molecule is C=CC1OCC(C2OCC(C3CCC(C4CCC(CCC=C(F)F)CC4)CC3)CO2)CO1. The number of allylic oxidation sites excluding steroid dienone is 1. The summed E-state index contributed by atoms with van der Waals surface area (Å²) in [6.45, 7) is 6.43. The van der Waals surface area contributed by atoms with Crippen LogP contribution in [0.15, 0.2) is 24.8 Å². The summed E-state index contributed by atoms with van der Waals surface area (Å²) in [5.74, 6) is 3.67. The van der Waals surface area contributed by atoms with Crippen molar-refractivity contribution in [3.8, 4) is 0 Å². The van der Waals surface area contributed by atoms with Crippen molar-refractivity contribution in [3.05, 3.63) is 24.8 Å². The van der Waals surface area contributed by atoms with Crippen molar-refractivity contribution in [3.63, 3.8) is 0 Å². The van der Waals surface area contributed by atoms with Gasteiger partial charge in [-0.2, -0.15) is 8.78 Å². The minimum absolute atomic E-state index is 0.130. The van der Waals surface area contributed by atoms with E-state index in [4.69, 9.17) is 18.9 Å². The molecule has 0 radical (unpaired) electrons. The van der Waals surface area contributed by atoms with E-state index in [1.54, 1.807) is 6.08 Å². The highest BCUT2D eigenvalue weighted by Gasteiger charge is 2.38. The molecular formula is C26H40F2O4. The molecule has 4 fully saturated rings. The molecule has 0 amide bonds. The van der Waals surface area contributed by atoms with Crippen LogP contribution in [0.2, 0.25) is 0 Å². The van der Waals surface area contributed by atoms with Gasteiger partial charge in [-0.1, -0.05) is 19.4 Å². The summed E-state index contributed by atoms with van der Waals surface area (Å²) in [5, 5.41) is 0. The first-order chi connectivity index (χ1) is 15.6. The lowest BCUT2D eigenvalue weighted by atomic mass is 9.67. The smallest absolute Gasteiger partial charge is 0.266 e. The minimum Gasteiger partial charge on any atom is -0.352 e. The first-order valence-corrected chi connectivity index (χ1v) is 12.7. The second-order valence-electron chi connectivity index (χ2n) is 10.4. The van der Waals surface area contributed by atoms with Crippen LogP contribution in [0, 0.1) is 35.5 Å². The fourth-order valence-corrected chi connectivity index (χ4v) is 6.37. The first-order valence-electron chi connectivity index (χ1n) is 12.7. The molecule has 4 rings (SSSR count). The molecule has 2 heterocycles. The van der Waals surface area contributed by atoms with Gasteiger partial charge in [-0.25, -0.2) is 0 Å². The summed E-state index contributed by atoms with van der Waals surface area (Å²) in [5.41, 5.74) is 0. The molecule has 2 saturated heterocycles. The fourth-order valence-electron chi connectivity index (χ4n) is 6.37. The van der Waals surface area contributed by atoms with Gasteiger partial charge in [-0.15, -0.1) is 0 Å². The molecular weight excluding hydrogens is 414 g/mol. The van der Waals surface area contributed by atoms with Crippen molar-refractivity contribution in [1.29, 1.82) is 0 Å². The van der Waals surface area contributed by atoms with Crippen LogP contribution in [0.4, 0.5) is 8.78 Å². The summed E-state index contributed by atoms with van der Waals surface area (Å²) in [6, 6.07) is 0. The number of halogens is 2.